The van der Waals surface area contributed by atoms with Crippen molar-refractivity contribution in [1.82, 2.24) is 0 Å². The van der Waals surface area contributed by atoms with Gasteiger partial charge in [-0.15, -0.1) is 11.6 Å². The first-order chi connectivity index (χ1) is 8.02. The van der Waals surface area contributed by atoms with E-state index in [1.807, 2.05) is 4.90 Å². The normalized spacial score (nSPS) is 20.1. The number of aryl methyl sites for hydroxylation is 3. The second-order valence-corrected chi connectivity index (χ2v) is 5.28. The average molecular weight is 252 g/mol. The zero-order valence-corrected chi connectivity index (χ0v) is 11.3. The minimum Gasteiger partial charge on any atom is -0.312 e. The van der Waals surface area contributed by atoms with E-state index >= 15 is 0 Å². The summed E-state index contributed by atoms with van der Waals surface area (Å²) in [6, 6.07) is 4.26. The lowest BCUT2D eigenvalue weighted by atomic mass is 10.0. The van der Waals surface area contributed by atoms with Crippen LogP contribution in [0.15, 0.2) is 12.1 Å². The fourth-order valence-corrected chi connectivity index (χ4v) is 2.91. The molecule has 17 heavy (non-hydrogen) atoms. The summed E-state index contributed by atoms with van der Waals surface area (Å²) in [4.78, 5) is 13.9. The molecule has 0 aromatic heterocycles. The number of alkyl halides is 1. The molecule has 1 amide bonds. The SMILES string of the molecule is Cc1cc(C)c(N2CC(CCl)CC2=O)c(C)c1. The van der Waals surface area contributed by atoms with Gasteiger partial charge in [0.25, 0.3) is 0 Å². The van der Waals surface area contributed by atoms with Crippen molar-refractivity contribution in [1.29, 1.82) is 0 Å². The predicted octanol–water partition coefficient (Wildman–Crippen LogP) is 3.20. The lowest BCUT2D eigenvalue weighted by molar-refractivity contribution is -0.117. The molecule has 1 fully saturated rings. The van der Waals surface area contributed by atoms with Gasteiger partial charge in [0.1, 0.15) is 0 Å². The predicted molar refractivity (Wildman–Crippen MR) is 71.8 cm³/mol. The highest BCUT2D eigenvalue weighted by molar-refractivity contribution is 6.18. The number of carbonyl (C=O) groups is 1. The number of rotatable bonds is 2. The molecule has 2 nitrogen and oxygen atoms in total. The summed E-state index contributed by atoms with van der Waals surface area (Å²) in [7, 11) is 0. The van der Waals surface area contributed by atoms with Crippen LogP contribution in [0.3, 0.4) is 0 Å². The number of hydrogen-bond donors (Lipinski definition) is 0. The highest BCUT2D eigenvalue weighted by Crippen LogP contribution is 2.31. The molecule has 1 aliphatic rings. The van der Waals surface area contributed by atoms with E-state index in [2.05, 4.69) is 32.9 Å². The van der Waals surface area contributed by atoms with Crippen molar-refractivity contribution in [3.8, 4) is 0 Å². The molecule has 1 atom stereocenters. The lowest BCUT2D eigenvalue weighted by Crippen LogP contribution is -2.26. The Labute approximate surface area is 108 Å². The van der Waals surface area contributed by atoms with E-state index in [9.17, 15) is 4.79 Å². The number of hydrogen-bond acceptors (Lipinski definition) is 1. The van der Waals surface area contributed by atoms with Crippen molar-refractivity contribution >= 4 is 23.2 Å². The molecule has 1 aromatic carbocycles. The van der Waals surface area contributed by atoms with Crippen LogP contribution in [-0.2, 0) is 4.79 Å². The minimum atomic E-state index is 0.200. The van der Waals surface area contributed by atoms with Crippen LogP contribution in [0.2, 0.25) is 0 Å². The van der Waals surface area contributed by atoms with Crippen LogP contribution in [0, 0.1) is 26.7 Å². The van der Waals surface area contributed by atoms with Gasteiger partial charge in [0.05, 0.1) is 0 Å². The smallest absolute Gasteiger partial charge is 0.227 e. The Morgan fingerprint density at radius 1 is 1.29 bits per heavy atom. The van der Waals surface area contributed by atoms with E-state index in [0.29, 0.717) is 18.2 Å². The van der Waals surface area contributed by atoms with Gasteiger partial charge < -0.3 is 4.90 Å². The summed E-state index contributed by atoms with van der Waals surface area (Å²) in [6.45, 7) is 6.97. The van der Waals surface area contributed by atoms with Crippen LogP contribution in [0.1, 0.15) is 23.1 Å². The molecule has 0 radical (unpaired) electrons. The Bertz CT molecular complexity index is 433. The van der Waals surface area contributed by atoms with E-state index in [1.165, 1.54) is 16.7 Å². The molecular weight excluding hydrogens is 234 g/mol. The average Bonchev–Trinajstić information content (AvgIpc) is 2.59. The highest BCUT2D eigenvalue weighted by atomic mass is 35.5. The minimum absolute atomic E-state index is 0.200. The monoisotopic (exact) mass is 251 g/mol. The highest BCUT2D eigenvalue weighted by Gasteiger charge is 2.31. The molecule has 0 saturated carbocycles. The van der Waals surface area contributed by atoms with Crippen LogP contribution in [0.25, 0.3) is 0 Å². The molecule has 1 aromatic rings. The molecule has 1 unspecified atom stereocenters. The van der Waals surface area contributed by atoms with Crippen LogP contribution in [-0.4, -0.2) is 18.3 Å². The number of carbonyl (C=O) groups excluding carboxylic acids is 1. The van der Waals surface area contributed by atoms with Crippen molar-refractivity contribution in [2.45, 2.75) is 27.2 Å². The molecule has 0 N–H and O–H groups in total. The third-order valence-corrected chi connectivity index (χ3v) is 3.77. The van der Waals surface area contributed by atoms with Crippen LogP contribution < -0.4 is 4.90 Å². The van der Waals surface area contributed by atoms with E-state index in [-0.39, 0.29) is 5.91 Å². The van der Waals surface area contributed by atoms with Gasteiger partial charge in [-0.05, 0) is 37.8 Å². The van der Waals surface area contributed by atoms with Crippen molar-refractivity contribution in [3.63, 3.8) is 0 Å². The molecular formula is C14H18ClNO. The topological polar surface area (TPSA) is 20.3 Å². The number of halogens is 1. The van der Waals surface area contributed by atoms with Crippen molar-refractivity contribution in [3.05, 3.63) is 28.8 Å². The molecule has 1 heterocycles. The van der Waals surface area contributed by atoms with E-state index in [4.69, 9.17) is 11.6 Å². The maximum Gasteiger partial charge on any atom is 0.227 e. The molecule has 1 saturated heterocycles. The molecule has 92 valence electrons. The Morgan fingerprint density at radius 2 is 1.88 bits per heavy atom. The fourth-order valence-electron chi connectivity index (χ4n) is 2.70. The second kappa shape index (κ2) is 4.69. The van der Waals surface area contributed by atoms with Crippen LogP contribution in [0.5, 0.6) is 0 Å². The summed E-state index contributed by atoms with van der Waals surface area (Å²) in [5.74, 6) is 1.06. The number of amides is 1. The Morgan fingerprint density at radius 3 is 2.35 bits per heavy atom. The number of nitrogens with zero attached hydrogens (tertiary/aromatic N) is 1. The van der Waals surface area contributed by atoms with E-state index in [0.717, 1.165) is 12.2 Å². The second-order valence-electron chi connectivity index (χ2n) is 4.98. The zero-order valence-electron chi connectivity index (χ0n) is 10.6. The van der Waals surface area contributed by atoms with E-state index in [1.54, 1.807) is 0 Å². The molecule has 3 heteroatoms. The summed E-state index contributed by atoms with van der Waals surface area (Å²) in [5.41, 5.74) is 4.66. The van der Waals surface area contributed by atoms with Crippen LogP contribution >= 0.6 is 11.6 Å². The van der Waals surface area contributed by atoms with Gasteiger partial charge in [0.2, 0.25) is 5.91 Å². The van der Waals surface area contributed by atoms with Gasteiger partial charge in [-0.1, -0.05) is 17.7 Å². The van der Waals surface area contributed by atoms with Gasteiger partial charge in [0, 0.05) is 24.5 Å². The Hall–Kier alpha value is -1.02. The van der Waals surface area contributed by atoms with Gasteiger partial charge in [0.15, 0.2) is 0 Å². The summed E-state index contributed by atoms with van der Waals surface area (Å²) >= 11 is 5.85. The summed E-state index contributed by atoms with van der Waals surface area (Å²) < 4.78 is 0. The molecule has 0 bridgehead atoms. The maximum atomic E-state index is 12.0. The largest absolute Gasteiger partial charge is 0.312 e. The number of benzene rings is 1. The first-order valence-corrected chi connectivity index (χ1v) is 6.50. The third kappa shape index (κ3) is 2.32. The third-order valence-electron chi connectivity index (χ3n) is 3.33. The maximum absolute atomic E-state index is 12.0. The summed E-state index contributed by atoms with van der Waals surface area (Å²) in [6.07, 6.45) is 0.580. The van der Waals surface area contributed by atoms with Gasteiger partial charge in [-0.3, -0.25) is 4.79 Å². The quantitative estimate of drug-likeness (QED) is 0.740. The zero-order chi connectivity index (χ0) is 12.6. The Balaban J connectivity index is 2.38. The molecule has 0 aliphatic carbocycles. The standard InChI is InChI=1S/C14H18ClNO/c1-9-4-10(2)14(11(3)5-9)16-8-12(7-15)6-13(16)17/h4-5,12H,6-8H2,1-3H3. The van der Waals surface area contributed by atoms with E-state index < -0.39 is 0 Å². The van der Waals surface area contributed by atoms with Crippen molar-refractivity contribution < 1.29 is 4.79 Å². The Kier molecular flexibility index (Phi) is 3.43. The fraction of sp³-hybridized carbons (Fsp3) is 0.500. The van der Waals surface area contributed by atoms with Crippen LogP contribution in [0.4, 0.5) is 5.69 Å². The van der Waals surface area contributed by atoms with Crippen molar-refractivity contribution in [2.24, 2.45) is 5.92 Å². The van der Waals surface area contributed by atoms with Gasteiger partial charge in [-0.2, -0.15) is 0 Å². The number of anilines is 1. The lowest BCUT2D eigenvalue weighted by Gasteiger charge is -2.22. The first-order valence-electron chi connectivity index (χ1n) is 5.97. The van der Waals surface area contributed by atoms with Gasteiger partial charge in [-0.25, -0.2) is 0 Å². The summed E-state index contributed by atoms with van der Waals surface area (Å²) in [5, 5.41) is 0. The molecule has 1 aliphatic heterocycles. The van der Waals surface area contributed by atoms with Gasteiger partial charge >= 0.3 is 0 Å². The molecule has 2 rings (SSSR count). The van der Waals surface area contributed by atoms with Crippen molar-refractivity contribution in [2.75, 3.05) is 17.3 Å². The first kappa shape index (κ1) is 12.4. The molecule has 0 spiro atoms.